The number of carbonyl (C=O) groups is 2. The molecule has 0 radical (unpaired) electrons. The van der Waals surface area contributed by atoms with Crippen molar-refractivity contribution >= 4 is 43.8 Å². The second-order valence-corrected chi connectivity index (χ2v) is 7.62. The Hall–Kier alpha value is -2.06. The quantitative estimate of drug-likeness (QED) is 0.285. The average Bonchev–Trinajstić information content (AvgIpc) is 2.69. The summed E-state index contributed by atoms with van der Waals surface area (Å²) in [6.07, 6.45) is 1.74. The van der Waals surface area contributed by atoms with E-state index in [9.17, 15) is 9.59 Å². The lowest BCUT2D eigenvalue weighted by atomic mass is 10.3. The highest BCUT2D eigenvalue weighted by molar-refractivity contribution is 9.10. The summed E-state index contributed by atoms with van der Waals surface area (Å²) in [7, 11) is 1.39. The summed E-state index contributed by atoms with van der Waals surface area (Å²) in [5, 5.41) is 8.39. The molecule has 1 N–H and O–H groups in total. The molecule has 0 aliphatic rings. The van der Waals surface area contributed by atoms with Crippen LogP contribution in [0.1, 0.15) is 33.1 Å². The van der Waals surface area contributed by atoms with Crippen LogP contribution in [-0.4, -0.2) is 37.4 Å². The van der Waals surface area contributed by atoms with Gasteiger partial charge in [-0.25, -0.2) is 0 Å². The number of carboxylic acids is 1. The van der Waals surface area contributed by atoms with Gasteiger partial charge in [-0.15, -0.1) is 0 Å². The summed E-state index contributed by atoms with van der Waals surface area (Å²) >= 11 is 6.67. The molecule has 0 aliphatic heterocycles. The summed E-state index contributed by atoms with van der Waals surface area (Å²) in [5.41, 5.74) is 0. The van der Waals surface area contributed by atoms with Gasteiger partial charge in [0.2, 0.25) is 0 Å². The van der Waals surface area contributed by atoms with Gasteiger partial charge in [0.25, 0.3) is 0 Å². The van der Waals surface area contributed by atoms with Gasteiger partial charge in [-0.3, -0.25) is 9.59 Å². The van der Waals surface area contributed by atoms with Crippen LogP contribution in [-0.2, 0) is 14.3 Å². The van der Waals surface area contributed by atoms with Gasteiger partial charge < -0.3 is 19.3 Å². The monoisotopic (exact) mass is 546 g/mol. The number of carboxylic acid groups (broad SMARTS) is 1. The molecule has 166 valence electrons. The molecule has 0 atom stereocenters. The lowest BCUT2D eigenvalue weighted by Gasteiger charge is -2.05. The molecule has 0 aromatic heterocycles. The van der Waals surface area contributed by atoms with Crippen molar-refractivity contribution in [1.82, 2.24) is 0 Å². The van der Waals surface area contributed by atoms with Crippen LogP contribution >= 0.6 is 31.9 Å². The highest BCUT2D eigenvalue weighted by Crippen LogP contribution is 2.18. The predicted octanol–water partition coefficient (Wildman–Crippen LogP) is 6.11. The molecule has 2 aromatic rings. The van der Waals surface area contributed by atoms with Crippen molar-refractivity contribution in [2.75, 3.05) is 20.3 Å². The lowest BCUT2D eigenvalue weighted by molar-refractivity contribution is -0.141. The third-order valence-electron chi connectivity index (χ3n) is 3.42. The van der Waals surface area contributed by atoms with Crippen LogP contribution < -0.4 is 9.47 Å². The number of esters is 1. The molecule has 30 heavy (non-hydrogen) atoms. The Morgan fingerprint density at radius 1 is 0.867 bits per heavy atom. The molecule has 0 aliphatic carbocycles. The number of hydrogen-bond donors (Lipinski definition) is 1. The van der Waals surface area contributed by atoms with Crippen molar-refractivity contribution in [2.45, 2.75) is 33.1 Å². The summed E-state index contributed by atoms with van der Waals surface area (Å²) in [6, 6.07) is 15.1. The van der Waals surface area contributed by atoms with Crippen molar-refractivity contribution in [1.29, 1.82) is 0 Å². The number of aliphatic carboxylic acids is 1. The van der Waals surface area contributed by atoms with Crippen molar-refractivity contribution in [2.24, 2.45) is 0 Å². The van der Waals surface area contributed by atoms with Gasteiger partial charge in [-0.1, -0.05) is 51.4 Å². The van der Waals surface area contributed by atoms with E-state index in [1.54, 1.807) is 0 Å². The van der Waals surface area contributed by atoms with Gasteiger partial charge in [-0.2, -0.15) is 0 Å². The molecular weight excluding hydrogens is 520 g/mol. The lowest BCUT2D eigenvalue weighted by Crippen LogP contribution is -2.04. The van der Waals surface area contributed by atoms with E-state index in [4.69, 9.17) is 14.6 Å². The van der Waals surface area contributed by atoms with Crippen LogP contribution in [0.5, 0.6) is 11.5 Å². The maximum Gasteiger partial charge on any atom is 0.305 e. The Balaban J connectivity index is 0.000000544. The zero-order chi connectivity index (χ0) is 21.5. The van der Waals surface area contributed by atoms with Gasteiger partial charge in [0.15, 0.2) is 0 Å². The Morgan fingerprint density at radius 3 is 1.73 bits per heavy atom. The minimum atomic E-state index is -0.789. The van der Waals surface area contributed by atoms with E-state index in [-0.39, 0.29) is 19.8 Å². The van der Waals surface area contributed by atoms with Crippen LogP contribution in [0.15, 0.2) is 57.5 Å². The van der Waals surface area contributed by atoms with E-state index in [1.165, 1.54) is 7.11 Å². The number of ether oxygens (including phenoxy) is 3. The second kappa shape index (κ2) is 16.7. The van der Waals surface area contributed by atoms with Gasteiger partial charge in [-0.05, 0) is 49.2 Å². The number of benzene rings is 2. The molecule has 8 heteroatoms. The fourth-order valence-electron chi connectivity index (χ4n) is 2.04. The Morgan fingerprint density at radius 2 is 1.33 bits per heavy atom. The maximum atomic E-state index is 10.8. The van der Waals surface area contributed by atoms with Crippen LogP contribution in [0, 0.1) is 0 Å². The number of halogens is 2. The highest BCUT2D eigenvalue weighted by atomic mass is 79.9. The third-order valence-corrected chi connectivity index (χ3v) is 4.40. The minimum absolute atomic E-state index is 0. The SMILES string of the molecule is C.COC(=O)CCCOc1cccc(Br)c1.O=C(O)CCCOc1cccc(Br)c1. The van der Waals surface area contributed by atoms with Gasteiger partial charge >= 0.3 is 11.9 Å². The molecule has 2 rings (SSSR count). The van der Waals surface area contributed by atoms with Gasteiger partial charge in [0.05, 0.1) is 20.3 Å². The van der Waals surface area contributed by atoms with Crippen molar-refractivity contribution < 1.29 is 28.9 Å². The molecule has 0 spiro atoms. The van der Waals surface area contributed by atoms with Gasteiger partial charge in [0, 0.05) is 21.8 Å². The fourth-order valence-corrected chi connectivity index (χ4v) is 2.79. The smallest absolute Gasteiger partial charge is 0.305 e. The van der Waals surface area contributed by atoms with E-state index in [0.717, 1.165) is 20.4 Å². The zero-order valence-corrected chi connectivity index (χ0v) is 19.3. The topological polar surface area (TPSA) is 82.1 Å². The molecular formula is C22H28Br2O6. The normalized spacial score (nSPS) is 9.43. The molecule has 0 bridgehead atoms. The number of carbonyl (C=O) groups excluding carboxylic acids is 1. The molecule has 0 fully saturated rings. The summed E-state index contributed by atoms with van der Waals surface area (Å²) in [6.45, 7) is 0.953. The Bertz CT molecular complexity index is 767. The summed E-state index contributed by atoms with van der Waals surface area (Å²) in [5.74, 6) is 0.565. The first kappa shape index (κ1) is 27.9. The van der Waals surface area contributed by atoms with Crippen LogP contribution in [0.25, 0.3) is 0 Å². The molecule has 0 amide bonds. The average molecular weight is 548 g/mol. The first-order valence-corrected chi connectivity index (χ1v) is 10.5. The molecule has 0 saturated carbocycles. The molecule has 0 saturated heterocycles. The predicted molar refractivity (Wildman–Crippen MR) is 124 cm³/mol. The van der Waals surface area contributed by atoms with Crippen LogP contribution in [0.4, 0.5) is 0 Å². The molecule has 2 aromatic carbocycles. The first-order valence-electron chi connectivity index (χ1n) is 8.96. The standard InChI is InChI=1S/C11H13BrO3.C10H11BrO3.CH4/c1-14-11(13)6-3-7-15-10-5-2-4-9(12)8-10;11-8-3-1-4-9(7-8)14-6-2-5-10(12)13;/h2,4-5,8H,3,6-7H2,1H3;1,3-4,7H,2,5-6H2,(H,12,13);1H4. The number of hydrogen-bond acceptors (Lipinski definition) is 5. The Labute approximate surface area is 194 Å². The Kier molecular flexibility index (Phi) is 15.6. The van der Waals surface area contributed by atoms with Crippen LogP contribution in [0.3, 0.4) is 0 Å². The number of methoxy groups -OCH3 is 1. The minimum Gasteiger partial charge on any atom is -0.494 e. The van der Waals surface area contributed by atoms with E-state index in [1.807, 2.05) is 48.5 Å². The number of rotatable bonds is 10. The van der Waals surface area contributed by atoms with Gasteiger partial charge in [0.1, 0.15) is 11.5 Å². The largest absolute Gasteiger partial charge is 0.494 e. The maximum absolute atomic E-state index is 10.8. The molecule has 0 unspecified atom stereocenters. The summed E-state index contributed by atoms with van der Waals surface area (Å²) in [4.78, 5) is 21.0. The zero-order valence-electron chi connectivity index (χ0n) is 16.1. The van der Waals surface area contributed by atoms with Crippen LogP contribution in [0.2, 0.25) is 0 Å². The molecule has 0 heterocycles. The highest BCUT2D eigenvalue weighted by Gasteiger charge is 2.00. The van der Waals surface area contributed by atoms with E-state index in [0.29, 0.717) is 32.5 Å². The van der Waals surface area contributed by atoms with Crippen molar-refractivity contribution in [3.05, 3.63) is 57.5 Å². The van der Waals surface area contributed by atoms with Crippen molar-refractivity contribution in [3.63, 3.8) is 0 Å². The van der Waals surface area contributed by atoms with E-state index >= 15 is 0 Å². The third kappa shape index (κ3) is 14.0. The fraction of sp³-hybridized carbons (Fsp3) is 0.364. The van der Waals surface area contributed by atoms with Crippen molar-refractivity contribution in [3.8, 4) is 11.5 Å². The molecule has 6 nitrogen and oxygen atoms in total. The first-order chi connectivity index (χ1) is 13.9. The summed E-state index contributed by atoms with van der Waals surface area (Å²) < 4.78 is 17.2. The van der Waals surface area contributed by atoms with E-state index < -0.39 is 5.97 Å². The second-order valence-electron chi connectivity index (χ2n) is 5.79. The van der Waals surface area contributed by atoms with E-state index in [2.05, 4.69) is 36.6 Å².